The number of methoxy groups -OCH3 is 1. The number of ether oxygens (including phenoxy) is 1. The largest absolute Gasteiger partial charge is 0.481 e. The van der Waals surface area contributed by atoms with Gasteiger partial charge in [-0.25, -0.2) is 0 Å². The highest BCUT2D eigenvalue weighted by molar-refractivity contribution is 5.98. The van der Waals surface area contributed by atoms with Gasteiger partial charge >= 0.3 is 5.97 Å². The zero-order chi connectivity index (χ0) is 14.5. The number of carboxylic acid groups (broad SMARTS) is 1. The van der Waals surface area contributed by atoms with Crippen LogP contribution in [0.1, 0.15) is 16.8 Å². The number of rotatable bonds is 6. The van der Waals surface area contributed by atoms with Gasteiger partial charge in [0, 0.05) is 36.3 Å². The number of fused-ring (bicyclic) bond motifs is 1. The van der Waals surface area contributed by atoms with Crippen molar-refractivity contribution < 1.29 is 19.4 Å². The number of hydrogen-bond donors (Lipinski definition) is 3. The van der Waals surface area contributed by atoms with E-state index in [0.717, 1.165) is 10.9 Å². The number of nitrogens with one attached hydrogen (secondary N) is 2. The molecule has 106 valence electrons. The van der Waals surface area contributed by atoms with E-state index in [2.05, 4.69) is 10.3 Å². The lowest BCUT2D eigenvalue weighted by molar-refractivity contribution is -0.139. The van der Waals surface area contributed by atoms with E-state index in [1.54, 1.807) is 18.3 Å². The summed E-state index contributed by atoms with van der Waals surface area (Å²) in [4.78, 5) is 25.6. The van der Waals surface area contributed by atoms with Crippen molar-refractivity contribution in [3.8, 4) is 0 Å². The second kappa shape index (κ2) is 6.21. The van der Waals surface area contributed by atoms with E-state index in [0.29, 0.717) is 5.56 Å². The van der Waals surface area contributed by atoms with Crippen LogP contribution in [0.3, 0.4) is 0 Å². The fourth-order valence-electron chi connectivity index (χ4n) is 1.94. The Morgan fingerprint density at radius 3 is 2.90 bits per heavy atom. The molecule has 0 bridgehead atoms. The van der Waals surface area contributed by atoms with Gasteiger partial charge in [-0.2, -0.15) is 0 Å². The first kappa shape index (κ1) is 14.1. The Morgan fingerprint density at radius 1 is 1.40 bits per heavy atom. The van der Waals surface area contributed by atoms with Crippen LogP contribution in [-0.2, 0) is 9.53 Å². The van der Waals surface area contributed by atoms with Crippen LogP contribution in [-0.4, -0.2) is 41.7 Å². The predicted octanol–water partition coefficient (Wildman–Crippen LogP) is 1.39. The summed E-state index contributed by atoms with van der Waals surface area (Å²) in [5.41, 5.74) is 1.49. The standard InChI is InChI=1S/C14H16N2O4/c1-20-11(7-13(17)18)8-16-14(19)10-2-3-12-9(6-10)4-5-15-12/h2-6,11,15H,7-8H2,1H3,(H,16,19)(H,17,18). The molecule has 2 rings (SSSR count). The number of carbonyl (C=O) groups excluding carboxylic acids is 1. The maximum absolute atomic E-state index is 12.0. The molecule has 0 aliphatic carbocycles. The molecule has 0 aliphatic heterocycles. The molecule has 1 aromatic heterocycles. The summed E-state index contributed by atoms with van der Waals surface area (Å²) in [6.45, 7) is 0.160. The summed E-state index contributed by atoms with van der Waals surface area (Å²) in [6.07, 6.45) is 1.13. The Labute approximate surface area is 115 Å². The van der Waals surface area contributed by atoms with Gasteiger partial charge in [0.1, 0.15) is 0 Å². The minimum atomic E-state index is -0.958. The van der Waals surface area contributed by atoms with Crippen molar-refractivity contribution >= 4 is 22.8 Å². The quantitative estimate of drug-likeness (QED) is 0.743. The topological polar surface area (TPSA) is 91.4 Å². The van der Waals surface area contributed by atoms with Crippen molar-refractivity contribution in [3.05, 3.63) is 36.0 Å². The maximum Gasteiger partial charge on any atom is 0.306 e. The minimum Gasteiger partial charge on any atom is -0.481 e. The number of aromatic amines is 1. The summed E-state index contributed by atoms with van der Waals surface area (Å²) in [5.74, 6) is -1.21. The van der Waals surface area contributed by atoms with Gasteiger partial charge < -0.3 is 20.1 Å². The summed E-state index contributed by atoms with van der Waals surface area (Å²) in [5, 5.41) is 12.3. The van der Waals surface area contributed by atoms with Crippen LogP contribution in [0.4, 0.5) is 0 Å². The minimum absolute atomic E-state index is 0.145. The lowest BCUT2D eigenvalue weighted by Gasteiger charge is -2.14. The van der Waals surface area contributed by atoms with Crippen molar-refractivity contribution in [2.45, 2.75) is 12.5 Å². The predicted molar refractivity (Wildman–Crippen MR) is 73.7 cm³/mol. The van der Waals surface area contributed by atoms with E-state index in [1.807, 2.05) is 12.1 Å². The number of carboxylic acids is 1. The summed E-state index contributed by atoms with van der Waals surface area (Å²) in [7, 11) is 1.42. The van der Waals surface area contributed by atoms with Crippen LogP contribution in [0.15, 0.2) is 30.5 Å². The molecule has 20 heavy (non-hydrogen) atoms. The molecule has 0 radical (unpaired) electrons. The van der Waals surface area contributed by atoms with Gasteiger partial charge in [-0.1, -0.05) is 0 Å². The molecule has 6 nitrogen and oxygen atoms in total. The Hall–Kier alpha value is -2.34. The highest BCUT2D eigenvalue weighted by Gasteiger charge is 2.14. The first-order valence-electron chi connectivity index (χ1n) is 6.20. The van der Waals surface area contributed by atoms with Crippen LogP contribution >= 0.6 is 0 Å². The smallest absolute Gasteiger partial charge is 0.306 e. The van der Waals surface area contributed by atoms with E-state index >= 15 is 0 Å². The molecule has 0 aliphatic rings. The highest BCUT2D eigenvalue weighted by Crippen LogP contribution is 2.14. The molecule has 1 aromatic carbocycles. The fraction of sp³-hybridized carbons (Fsp3) is 0.286. The third-order valence-electron chi connectivity index (χ3n) is 3.04. The van der Waals surface area contributed by atoms with Crippen LogP contribution in [0, 0.1) is 0 Å². The Balaban J connectivity index is 1.98. The molecule has 3 N–H and O–H groups in total. The van der Waals surface area contributed by atoms with E-state index in [4.69, 9.17) is 9.84 Å². The average molecular weight is 276 g/mol. The number of amides is 1. The highest BCUT2D eigenvalue weighted by atomic mass is 16.5. The third kappa shape index (κ3) is 3.36. The summed E-state index contributed by atoms with van der Waals surface area (Å²) in [6, 6.07) is 7.21. The van der Waals surface area contributed by atoms with Gasteiger partial charge in [0.05, 0.1) is 12.5 Å². The number of aromatic nitrogens is 1. The van der Waals surface area contributed by atoms with Gasteiger partial charge in [-0.15, -0.1) is 0 Å². The Kier molecular flexibility index (Phi) is 4.37. The number of benzene rings is 1. The molecule has 0 spiro atoms. The third-order valence-corrected chi connectivity index (χ3v) is 3.04. The number of aliphatic carboxylic acids is 1. The normalized spacial score (nSPS) is 12.2. The zero-order valence-electron chi connectivity index (χ0n) is 11.1. The van der Waals surface area contributed by atoms with Crippen molar-refractivity contribution in [2.24, 2.45) is 0 Å². The average Bonchev–Trinajstić information content (AvgIpc) is 2.89. The zero-order valence-corrected chi connectivity index (χ0v) is 11.1. The molecule has 2 aromatic rings. The molecule has 0 saturated carbocycles. The molecule has 1 heterocycles. The summed E-state index contributed by atoms with van der Waals surface area (Å²) >= 11 is 0. The van der Waals surface area contributed by atoms with E-state index in [1.165, 1.54) is 7.11 Å². The number of carbonyl (C=O) groups is 2. The molecule has 6 heteroatoms. The van der Waals surface area contributed by atoms with Gasteiger partial charge in [-0.05, 0) is 24.3 Å². The molecule has 1 amide bonds. The molecular formula is C14H16N2O4. The first-order chi connectivity index (χ1) is 9.60. The van der Waals surface area contributed by atoms with Gasteiger partial charge in [0.2, 0.25) is 0 Å². The number of H-pyrrole nitrogens is 1. The number of hydrogen-bond acceptors (Lipinski definition) is 3. The fourth-order valence-corrected chi connectivity index (χ4v) is 1.94. The molecule has 1 unspecified atom stereocenters. The summed E-state index contributed by atoms with van der Waals surface area (Å²) < 4.78 is 5.00. The van der Waals surface area contributed by atoms with Crippen LogP contribution in [0.2, 0.25) is 0 Å². The lowest BCUT2D eigenvalue weighted by Crippen LogP contribution is -2.34. The molecule has 0 fully saturated rings. The van der Waals surface area contributed by atoms with Crippen molar-refractivity contribution in [3.63, 3.8) is 0 Å². The van der Waals surface area contributed by atoms with Crippen LogP contribution in [0.25, 0.3) is 10.9 Å². The second-order valence-electron chi connectivity index (χ2n) is 4.45. The molecule has 1 atom stereocenters. The van der Waals surface area contributed by atoms with Gasteiger partial charge in [-0.3, -0.25) is 9.59 Å². The molecular weight excluding hydrogens is 260 g/mol. The van der Waals surface area contributed by atoms with Crippen molar-refractivity contribution in [2.75, 3.05) is 13.7 Å². The van der Waals surface area contributed by atoms with Crippen molar-refractivity contribution in [1.82, 2.24) is 10.3 Å². The lowest BCUT2D eigenvalue weighted by atomic mass is 10.1. The van der Waals surface area contributed by atoms with E-state index < -0.39 is 12.1 Å². The maximum atomic E-state index is 12.0. The Bertz CT molecular complexity index is 620. The molecule has 0 saturated heterocycles. The van der Waals surface area contributed by atoms with Crippen molar-refractivity contribution in [1.29, 1.82) is 0 Å². The van der Waals surface area contributed by atoms with Crippen LogP contribution in [0.5, 0.6) is 0 Å². The second-order valence-corrected chi connectivity index (χ2v) is 4.45. The SMILES string of the molecule is COC(CNC(=O)c1ccc2[nH]ccc2c1)CC(=O)O. The van der Waals surface area contributed by atoms with Gasteiger partial charge in [0.15, 0.2) is 0 Å². The van der Waals surface area contributed by atoms with Gasteiger partial charge in [0.25, 0.3) is 5.91 Å². The van der Waals surface area contributed by atoms with E-state index in [9.17, 15) is 9.59 Å². The monoisotopic (exact) mass is 276 g/mol. The Morgan fingerprint density at radius 2 is 2.20 bits per heavy atom. The van der Waals surface area contributed by atoms with E-state index in [-0.39, 0.29) is 18.9 Å². The van der Waals surface area contributed by atoms with Crippen LogP contribution < -0.4 is 5.32 Å². The first-order valence-corrected chi connectivity index (χ1v) is 6.20.